The summed E-state index contributed by atoms with van der Waals surface area (Å²) in [5.74, 6) is 2.09. The van der Waals surface area contributed by atoms with Gasteiger partial charge in [-0.2, -0.15) is 0 Å². The Hall–Kier alpha value is 0.210. The molecular formula is C13H25ClN2. The Kier molecular flexibility index (Phi) is 4.51. The van der Waals surface area contributed by atoms with Gasteiger partial charge < -0.3 is 10.2 Å². The SMILES string of the molecule is C1CCC(CC2CN3CCC2CC3)NC1.Cl. The molecule has 3 heteroatoms. The minimum absolute atomic E-state index is 0. The second-order valence-electron chi connectivity index (χ2n) is 5.78. The Bertz CT molecular complexity index is 208. The van der Waals surface area contributed by atoms with Crippen molar-refractivity contribution in [3.63, 3.8) is 0 Å². The van der Waals surface area contributed by atoms with Crippen molar-refractivity contribution in [1.29, 1.82) is 0 Å². The van der Waals surface area contributed by atoms with Crippen LogP contribution in [-0.4, -0.2) is 37.1 Å². The largest absolute Gasteiger partial charge is 0.314 e. The number of nitrogens with one attached hydrogen (secondary N) is 1. The Labute approximate surface area is 106 Å². The molecule has 0 saturated carbocycles. The summed E-state index contributed by atoms with van der Waals surface area (Å²) in [4.78, 5) is 2.69. The van der Waals surface area contributed by atoms with Crippen molar-refractivity contribution in [3.05, 3.63) is 0 Å². The number of hydrogen-bond donors (Lipinski definition) is 1. The average molecular weight is 245 g/mol. The summed E-state index contributed by atoms with van der Waals surface area (Å²) in [6.45, 7) is 5.45. The predicted molar refractivity (Wildman–Crippen MR) is 70.2 cm³/mol. The minimum Gasteiger partial charge on any atom is -0.314 e. The van der Waals surface area contributed by atoms with Gasteiger partial charge in [-0.1, -0.05) is 6.42 Å². The van der Waals surface area contributed by atoms with Gasteiger partial charge in [-0.15, -0.1) is 12.4 Å². The Morgan fingerprint density at radius 2 is 1.88 bits per heavy atom. The maximum absolute atomic E-state index is 3.71. The summed E-state index contributed by atoms with van der Waals surface area (Å²) in [7, 11) is 0. The molecule has 4 saturated heterocycles. The van der Waals surface area contributed by atoms with Crippen molar-refractivity contribution < 1.29 is 0 Å². The lowest BCUT2D eigenvalue weighted by Crippen LogP contribution is -2.49. The molecule has 16 heavy (non-hydrogen) atoms. The number of nitrogens with zero attached hydrogens (tertiary/aromatic N) is 1. The fourth-order valence-electron chi connectivity index (χ4n) is 3.85. The highest BCUT2D eigenvalue weighted by molar-refractivity contribution is 5.85. The summed E-state index contributed by atoms with van der Waals surface area (Å²) < 4.78 is 0. The van der Waals surface area contributed by atoms with Crippen molar-refractivity contribution in [3.8, 4) is 0 Å². The molecule has 0 radical (unpaired) electrons. The van der Waals surface area contributed by atoms with Crippen molar-refractivity contribution in [2.45, 2.75) is 44.6 Å². The van der Waals surface area contributed by atoms with Gasteiger partial charge in [-0.3, -0.25) is 0 Å². The van der Waals surface area contributed by atoms with E-state index < -0.39 is 0 Å². The molecule has 0 aromatic rings. The highest BCUT2D eigenvalue weighted by Crippen LogP contribution is 2.35. The van der Waals surface area contributed by atoms with E-state index in [9.17, 15) is 0 Å². The first-order valence-electron chi connectivity index (χ1n) is 6.87. The monoisotopic (exact) mass is 244 g/mol. The first kappa shape index (κ1) is 12.7. The molecule has 4 aliphatic rings. The second kappa shape index (κ2) is 5.70. The quantitative estimate of drug-likeness (QED) is 0.802. The number of hydrogen-bond acceptors (Lipinski definition) is 2. The fraction of sp³-hybridized carbons (Fsp3) is 1.00. The third-order valence-electron chi connectivity index (χ3n) is 4.79. The number of fused-ring (bicyclic) bond motifs is 3. The van der Waals surface area contributed by atoms with Crippen LogP contribution in [0.1, 0.15) is 38.5 Å². The molecule has 94 valence electrons. The Morgan fingerprint density at radius 1 is 1.06 bits per heavy atom. The van der Waals surface area contributed by atoms with Gasteiger partial charge >= 0.3 is 0 Å². The molecule has 4 rings (SSSR count). The van der Waals surface area contributed by atoms with E-state index in [0.717, 1.165) is 17.9 Å². The summed E-state index contributed by atoms with van der Waals surface area (Å²) in [6, 6.07) is 0.851. The molecular weight excluding hydrogens is 220 g/mol. The summed E-state index contributed by atoms with van der Waals surface area (Å²) in [5.41, 5.74) is 0. The van der Waals surface area contributed by atoms with Gasteiger partial charge in [0.1, 0.15) is 0 Å². The van der Waals surface area contributed by atoms with E-state index in [2.05, 4.69) is 10.2 Å². The lowest BCUT2D eigenvalue weighted by molar-refractivity contribution is 0.0397. The van der Waals surface area contributed by atoms with Gasteiger partial charge in [0.25, 0.3) is 0 Å². The van der Waals surface area contributed by atoms with Crippen LogP contribution >= 0.6 is 12.4 Å². The van der Waals surface area contributed by atoms with E-state index in [4.69, 9.17) is 0 Å². The van der Waals surface area contributed by atoms with Crippen molar-refractivity contribution >= 4 is 12.4 Å². The first-order chi connectivity index (χ1) is 7.42. The number of halogens is 1. The van der Waals surface area contributed by atoms with Gasteiger partial charge in [0, 0.05) is 12.6 Å². The van der Waals surface area contributed by atoms with Crippen LogP contribution in [-0.2, 0) is 0 Å². The van der Waals surface area contributed by atoms with Gasteiger partial charge in [0.2, 0.25) is 0 Å². The van der Waals surface area contributed by atoms with Crippen LogP contribution in [0.2, 0.25) is 0 Å². The predicted octanol–water partition coefficient (Wildman–Crippen LogP) is 2.28. The van der Waals surface area contributed by atoms with Crippen LogP contribution in [0.3, 0.4) is 0 Å². The van der Waals surface area contributed by atoms with Crippen molar-refractivity contribution in [2.75, 3.05) is 26.2 Å². The molecule has 0 aromatic heterocycles. The average Bonchev–Trinajstić information content (AvgIpc) is 2.32. The molecule has 0 amide bonds. The van der Waals surface area contributed by atoms with E-state index in [0.29, 0.717) is 0 Å². The molecule has 2 nitrogen and oxygen atoms in total. The molecule has 2 atom stereocenters. The van der Waals surface area contributed by atoms with E-state index in [-0.39, 0.29) is 12.4 Å². The molecule has 2 unspecified atom stereocenters. The van der Waals surface area contributed by atoms with Crippen molar-refractivity contribution in [1.82, 2.24) is 10.2 Å². The maximum Gasteiger partial charge on any atom is 0.00702 e. The molecule has 1 N–H and O–H groups in total. The van der Waals surface area contributed by atoms with Crippen molar-refractivity contribution in [2.24, 2.45) is 11.8 Å². The van der Waals surface area contributed by atoms with Crippen LogP contribution in [0.15, 0.2) is 0 Å². The zero-order chi connectivity index (χ0) is 10.1. The van der Waals surface area contributed by atoms with E-state index in [1.807, 2.05) is 0 Å². The third-order valence-corrected chi connectivity index (χ3v) is 4.79. The second-order valence-corrected chi connectivity index (χ2v) is 5.78. The highest BCUT2D eigenvalue weighted by Gasteiger charge is 2.35. The Balaban J connectivity index is 0.000000963. The van der Waals surface area contributed by atoms with Gasteiger partial charge in [-0.05, 0) is 63.6 Å². The first-order valence-corrected chi connectivity index (χ1v) is 6.87. The molecule has 0 aliphatic carbocycles. The standard InChI is InChI=1S/C13H24N2.ClH/c1-2-6-14-13(3-1)9-12-10-15-7-4-11(12)5-8-15;/h11-14H,1-10H2;1H. The van der Waals surface area contributed by atoms with Gasteiger partial charge in [0.05, 0.1) is 0 Å². The molecule has 4 heterocycles. The van der Waals surface area contributed by atoms with E-state index in [1.165, 1.54) is 64.7 Å². The van der Waals surface area contributed by atoms with Gasteiger partial charge in [0.15, 0.2) is 0 Å². The molecule has 2 bridgehead atoms. The van der Waals surface area contributed by atoms with Gasteiger partial charge in [-0.25, -0.2) is 0 Å². The summed E-state index contributed by atoms with van der Waals surface area (Å²) in [5, 5.41) is 3.71. The zero-order valence-corrected chi connectivity index (χ0v) is 11.0. The summed E-state index contributed by atoms with van der Waals surface area (Å²) >= 11 is 0. The van der Waals surface area contributed by atoms with Crippen LogP contribution in [0, 0.1) is 11.8 Å². The minimum atomic E-state index is 0. The van der Waals surface area contributed by atoms with E-state index in [1.54, 1.807) is 0 Å². The van der Waals surface area contributed by atoms with Crippen LogP contribution in [0.25, 0.3) is 0 Å². The zero-order valence-electron chi connectivity index (χ0n) is 10.2. The van der Waals surface area contributed by atoms with Crippen LogP contribution in [0.5, 0.6) is 0 Å². The highest BCUT2D eigenvalue weighted by atomic mass is 35.5. The van der Waals surface area contributed by atoms with Crippen LogP contribution in [0.4, 0.5) is 0 Å². The lowest BCUT2D eigenvalue weighted by Gasteiger charge is -2.46. The molecule has 0 aromatic carbocycles. The van der Waals surface area contributed by atoms with E-state index >= 15 is 0 Å². The number of rotatable bonds is 2. The molecule has 4 aliphatic heterocycles. The molecule has 0 spiro atoms. The fourth-order valence-corrected chi connectivity index (χ4v) is 3.85. The summed E-state index contributed by atoms with van der Waals surface area (Å²) in [6.07, 6.45) is 8.72. The van der Waals surface area contributed by atoms with Crippen LogP contribution < -0.4 is 5.32 Å². The third kappa shape index (κ3) is 2.72. The normalized spacial score (nSPS) is 42.8. The Morgan fingerprint density at radius 3 is 2.44 bits per heavy atom. The molecule has 4 fully saturated rings. The topological polar surface area (TPSA) is 15.3 Å². The number of piperidine rings is 4. The lowest BCUT2D eigenvalue weighted by atomic mass is 9.75. The maximum atomic E-state index is 3.71. The smallest absolute Gasteiger partial charge is 0.00702 e.